The van der Waals surface area contributed by atoms with Crippen LogP contribution in [0.5, 0.6) is 0 Å². The Kier molecular flexibility index (Phi) is 12.4. The molecule has 0 aliphatic rings. The Labute approximate surface area is 89.7 Å². The van der Waals surface area contributed by atoms with Crippen LogP contribution in [0.1, 0.15) is 25.7 Å². The van der Waals surface area contributed by atoms with E-state index < -0.39 is 0 Å². The average molecular weight is 209 g/mol. The van der Waals surface area contributed by atoms with E-state index in [4.69, 9.17) is 0 Å². The van der Waals surface area contributed by atoms with Gasteiger partial charge < -0.3 is 9.80 Å². The maximum Gasteiger partial charge on any atom is -0.00248 e. The van der Waals surface area contributed by atoms with Gasteiger partial charge in [-0.2, -0.15) is 0 Å². The third kappa shape index (κ3) is 15.0. The minimum atomic E-state index is 0. The van der Waals surface area contributed by atoms with E-state index in [1.807, 2.05) is 0 Å². The standard InChI is InChI=1S/C10H24N2.ClH/c1-11(2)9-7-5-6-8-10-12(3)4;/h5-10H2,1-4H3;1H. The number of rotatable bonds is 7. The molecule has 2 nitrogen and oxygen atoms in total. The van der Waals surface area contributed by atoms with Gasteiger partial charge in [0.1, 0.15) is 0 Å². The van der Waals surface area contributed by atoms with E-state index in [1.54, 1.807) is 0 Å². The van der Waals surface area contributed by atoms with Gasteiger partial charge in [-0.15, -0.1) is 12.4 Å². The molecular weight excluding hydrogens is 184 g/mol. The lowest BCUT2D eigenvalue weighted by Crippen LogP contribution is -2.14. The summed E-state index contributed by atoms with van der Waals surface area (Å²) in [5.41, 5.74) is 0. The van der Waals surface area contributed by atoms with Crippen molar-refractivity contribution in [2.24, 2.45) is 0 Å². The fourth-order valence-corrected chi connectivity index (χ4v) is 1.21. The summed E-state index contributed by atoms with van der Waals surface area (Å²) in [4.78, 5) is 4.51. The van der Waals surface area contributed by atoms with Crippen molar-refractivity contribution in [2.75, 3.05) is 41.3 Å². The van der Waals surface area contributed by atoms with Crippen molar-refractivity contribution in [3.05, 3.63) is 0 Å². The first-order valence-corrected chi connectivity index (χ1v) is 4.92. The minimum Gasteiger partial charge on any atom is -0.309 e. The predicted octanol–water partition coefficient (Wildman–Crippen LogP) is 2.09. The molecule has 0 aromatic carbocycles. The highest BCUT2D eigenvalue weighted by Crippen LogP contribution is 2.00. The number of hydrogen-bond donors (Lipinski definition) is 0. The van der Waals surface area contributed by atoms with Gasteiger partial charge >= 0.3 is 0 Å². The molecule has 0 fully saturated rings. The molecule has 0 unspecified atom stereocenters. The second kappa shape index (κ2) is 10.3. The van der Waals surface area contributed by atoms with Crippen molar-refractivity contribution in [3.8, 4) is 0 Å². The molecule has 0 saturated carbocycles. The molecule has 3 heteroatoms. The zero-order chi connectivity index (χ0) is 9.40. The number of hydrogen-bond acceptors (Lipinski definition) is 2. The summed E-state index contributed by atoms with van der Waals surface area (Å²) < 4.78 is 0. The third-order valence-corrected chi connectivity index (χ3v) is 1.96. The molecule has 0 atom stereocenters. The van der Waals surface area contributed by atoms with Crippen LogP contribution in [-0.2, 0) is 0 Å². The van der Waals surface area contributed by atoms with Gasteiger partial charge in [-0.1, -0.05) is 12.8 Å². The van der Waals surface area contributed by atoms with Crippen molar-refractivity contribution < 1.29 is 0 Å². The van der Waals surface area contributed by atoms with Gasteiger partial charge in [-0.3, -0.25) is 0 Å². The van der Waals surface area contributed by atoms with Crippen molar-refractivity contribution in [1.29, 1.82) is 0 Å². The topological polar surface area (TPSA) is 6.48 Å². The second-order valence-corrected chi connectivity index (χ2v) is 4.02. The van der Waals surface area contributed by atoms with Crippen molar-refractivity contribution in [3.63, 3.8) is 0 Å². The molecule has 82 valence electrons. The van der Waals surface area contributed by atoms with Crippen LogP contribution in [0.25, 0.3) is 0 Å². The zero-order valence-corrected chi connectivity index (χ0v) is 10.4. The quantitative estimate of drug-likeness (QED) is 0.592. The molecule has 13 heavy (non-hydrogen) atoms. The van der Waals surface area contributed by atoms with Crippen LogP contribution in [0.15, 0.2) is 0 Å². The normalized spacial score (nSPS) is 10.6. The van der Waals surface area contributed by atoms with Crippen LogP contribution in [0.3, 0.4) is 0 Å². The first kappa shape index (κ1) is 15.7. The molecule has 0 radical (unpaired) electrons. The Balaban J connectivity index is 0. The molecule has 0 aliphatic heterocycles. The van der Waals surface area contributed by atoms with E-state index in [0.29, 0.717) is 0 Å². The molecule has 0 amide bonds. The van der Waals surface area contributed by atoms with Crippen LogP contribution < -0.4 is 0 Å². The Morgan fingerprint density at radius 3 is 1.15 bits per heavy atom. The van der Waals surface area contributed by atoms with Gasteiger partial charge in [0.05, 0.1) is 0 Å². The van der Waals surface area contributed by atoms with Crippen LogP contribution in [-0.4, -0.2) is 51.1 Å². The Bertz CT molecular complexity index is 82.9. The van der Waals surface area contributed by atoms with Crippen molar-refractivity contribution in [2.45, 2.75) is 25.7 Å². The largest absolute Gasteiger partial charge is 0.309 e. The van der Waals surface area contributed by atoms with Gasteiger partial charge in [0.15, 0.2) is 0 Å². The summed E-state index contributed by atoms with van der Waals surface area (Å²) in [6.45, 7) is 2.48. The number of halogens is 1. The monoisotopic (exact) mass is 208 g/mol. The summed E-state index contributed by atoms with van der Waals surface area (Å²) in [7, 11) is 8.55. The molecule has 0 heterocycles. The SMILES string of the molecule is CN(C)CCCCCCN(C)C.Cl. The van der Waals surface area contributed by atoms with Crippen molar-refractivity contribution >= 4 is 12.4 Å². The first-order valence-electron chi connectivity index (χ1n) is 4.92. The van der Waals surface area contributed by atoms with E-state index in [1.165, 1.54) is 38.8 Å². The fourth-order valence-electron chi connectivity index (χ4n) is 1.21. The van der Waals surface area contributed by atoms with Gasteiger partial charge in [-0.25, -0.2) is 0 Å². The molecule has 0 saturated heterocycles. The first-order chi connectivity index (χ1) is 5.63. The Morgan fingerprint density at radius 2 is 0.923 bits per heavy atom. The third-order valence-electron chi connectivity index (χ3n) is 1.96. The summed E-state index contributed by atoms with van der Waals surface area (Å²) in [5.74, 6) is 0. The highest BCUT2D eigenvalue weighted by atomic mass is 35.5. The lowest BCUT2D eigenvalue weighted by molar-refractivity contribution is 0.370. The molecule has 0 N–H and O–H groups in total. The molecule has 0 rings (SSSR count). The van der Waals surface area contributed by atoms with Gasteiger partial charge in [0.2, 0.25) is 0 Å². The molecule has 0 spiro atoms. The summed E-state index contributed by atoms with van der Waals surface area (Å²) in [6, 6.07) is 0. The molecule has 0 bridgehead atoms. The summed E-state index contributed by atoms with van der Waals surface area (Å²) in [6.07, 6.45) is 5.46. The summed E-state index contributed by atoms with van der Waals surface area (Å²) >= 11 is 0. The minimum absolute atomic E-state index is 0. The molecular formula is C10H25ClN2. The summed E-state index contributed by atoms with van der Waals surface area (Å²) in [5, 5.41) is 0. The fraction of sp³-hybridized carbons (Fsp3) is 1.00. The zero-order valence-electron chi connectivity index (χ0n) is 9.55. The lowest BCUT2D eigenvalue weighted by Gasteiger charge is -2.10. The highest BCUT2D eigenvalue weighted by molar-refractivity contribution is 5.85. The van der Waals surface area contributed by atoms with Gasteiger partial charge in [0, 0.05) is 0 Å². The number of nitrogens with zero attached hydrogens (tertiary/aromatic N) is 2. The predicted molar refractivity (Wildman–Crippen MR) is 62.8 cm³/mol. The Hall–Kier alpha value is 0.210. The van der Waals surface area contributed by atoms with Gasteiger partial charge in [-0.05, 0) is 54.1 Å². The smallest absolute Gasteiger partial charge is 0.00248 e. The van der Waals surface area contributed by atoms with Crippen molar-refractivity contribution in [1.82, 2.24) is 9.80 Å². The van der Waals surface area contributed by atoms with Gasteiger partial charge in [0.25, 0.3) is 0 Å². The maximum absolute atomic E-state index is 2.26. The number of unbranched alkanes of at least 4 members (excludes halogenated alkanes) is 3. The van der Waals surface area contributed by atoms with E-state index in [9.17, 15) is 0 Å². The Morgan fingerprint density at radius 1 is 0.615 bits per heavy atom. The maximum atomic E-state index is 2.26. The second-order valence-electron chi connectivity index (χ2n) is 4.02. The van der Waals surface area contributed by atoms with E-state index in [-0.39, 0.29) is 12.4 Å². The lowest BCUT2D eigenvalue weighted by atomic mass is 10.2. The van der Waals surface area contributed by atoms with E-state index in [0.717, 1.165) is 0 Å². The van der Waals surface area contributed by atoms with Crippen LogP contribution in [0.4, 0.5) is 0 Å². The molecule has 0 aromatic heterocycles. The molecule has 0 aromatic rings. The van der Waals surface area contributed by atoms with Crippen LogP contribution in [0.2, 0.25) is 0 Å². The average Bonchev–Trinajstić information content (AvgIpc) is 1.95. The van der Waals surface area contributed by atoms with Crippen LogP contribution in [0, 0.1) is 0 Å². The van der Waals surface area contributed by atoms with E-state index >= 15 is 0 Å². The highest BCUT2D eigenvalue weighted by Gasteiger charge is 1.92. The van der Waals surface area contributed by atoms with E-state index in [2.05, 4.69) is 38.0 Å². The molecule has 0 aliphatic carbocycles. The van der Waals surface area contributed by atoms with Crippen LogP contribution >= 0.6 is 12.4 Å².